The number of carbonyl (C=O) groups is 1. The minimum atomic E-state index is 0.0547. The van der Waals surface area contributed by atoms with E-state index in [0.717, 1.165) is 47.8 Å². The van der Waals surface area contributed by atoms with E-state index in [2.05, 4.69) is 14.5 Å². The van der Waals surface area contributed by atoms with Crippen LogP contribution < -0.4 is 4.74 Å². The van der Waals surface area contributed by atoms with Crippen molar-refractivity contribution in [2.45, 2.75) is 39.2 Å². The van der Waals surface area contributed by atoms with E-state index in [4.69, 9.17) is 9.72 Å². The van der Waals surface area contributed by atoms with Crippen LogP contribution in [0.15, 0.2) is 73.3 Å². The van der Waals surface area contributed by atoms with Crippen molar-refractivity contribution in [1.82, 2.24) is 24.4 Å². The molecule has 1 aliphatic rings. The van der Waals surface area contributed by atoms with Crippen molar-refractivity contribution in [2.75, 3.05) is 13.1 Å². The molecule has 0 N–H and O–H groups in total. The van der Waals surface area contributed by atoms with Gasteiger partial charge in [-0.2, -0.15) is 0 Å². The van der Waals surface area contributed by atoms with E-state index in [9.17, 15) is 4.79 Å². The van der Waals surface area contributed by atoms with Crippen LogP contribution in [0.2, 0.25) is 0 Å². The molecule has 0 bridgehead atoms. The molecule has 1 saturated heterocycles. The van der Waals surface area contributed by atoms with Crippen LogP contribution in [0.4, 0.5) is 0 Å². The zero-order valence-corrected chi connectivity index (χ0v) is 20.1. The molecule has 7 nitrogen and oxygen atoms in total. The molecule has 2 aromatic heterocycles. The van der Waals surface area contributed by atoms with Gasteiger partial charge in [-0.05, 0) is 62.1 Å². The van der Waals surface area contributed by atoms with E-state index < -0.39 is 0 Å². The van der Waals surface area contributed by atoms with E-state index in [1.807, 2.05) is 73.5 Å². The topological polar surface area (TPSA) is 73.1 Å². The Morgan fingerprint density at radius 1 is 1.11 bits per heavy atom. The lowest BCUT2D eigenvalue weighted by atomic mass is 9.94. The summed E-state index contributed by atoms with van der Waals surface area (Å²) in [5.41, 5.74) is 3.77. The molecule has 0 aliphatic carbocycles. The number of imidazole rings is 1. The molecular weight excluding hydrogens is 438 g/mol. The SMILES string of the molecule is Cc1cccc(Oc2cncc(C3CCCN(C(=O)c4cccc(Cn5ccnc5C)c4)C3)n2)c1. The number of amides is 1. The van der Waals surface area contributed by atoms with Gasteiger partial charge >= 0.3 is 0 Å². The quantitative estimate of drug-likeness (QED) is 0.392. The van der Waals surface area contributed by atoms with Crippen LogP contribution in [0.1, 0.15) is 51.8 Å². The van der Waals surface area contributed by atoms with Crippen molar-refractivity contribution in [3.63, 3.8) is 0 Å². The fraction of sp³-hybridized carbons (Fsp3) is 0.286. The molecular formula is C28H29N5O2. The van der Waals surface area contributed by atoms with Crippen molar-refractivity contribution in [3.05, 3.63) is 102 Å². The van der Waals surface area contributed by atoms with Crippen LogP contribution >= 0.6 is 0 Å². The molecule has 7 heteroatoms. The summed E-state index contributed by atoms with van der Waals surface area (Å²) in [6.45, 7) is 6.06. The van der Waals surface area contributed by atoms with Gasteiger partial charge in [0.25, 0.3) is 5.91 Å². The minimum Gasteiger partial charge on any atom is -0.437 e. The number of ether oxygens (including phenoxy) is 1. The highest BCUT2D eigenvalue weighted by molar-refractivity contribution is 5.94. The van der Waals surface area contributed by atoms with Crippen molar-refractivity contribution in [2.24, 2.45) is 0 Å². The number of carbonyl (C=O) groups excluding carboxylic acids is 1. The monoisotopic (exact) mass is 467 g/mol. The van der Waals surface area contributed by atoms with E-state index in [1.54, 1.807) is 18.6 Å². The lowest BCUT2D eigenvalue weighted by Gasteiger charge is -2.32. The molecule has 1 atom stereocenters. The number of benzene rings is 2. The van der Waals surface area contributed by atoms with Crippen LogP contribution in [-0.4, -0.2) is 43.4 Å². The maximum atomic E-state index is 13.4. The van der Waals surface area contributed by atoms with Crippen molar-refractivity contribution in [1.29, 1.82) is 0 Å². The Balaban J connectivity index is 1.28. The normalized spacial score (nSPS) is 15.7. The Hall–Kier alpha value is -4.00. The van der Waals surface area contributed by atoms with Gasteiger partial charge in [0.1, 0.15) is 11.6 Å². The zero-order valence-electron chi connectivity index (χ0n) is 20.1. The summed E-state index contributed by atoms with van der Waals surface area (Å²) in [5.74, 6) is 2.34. The van der Waals surface area contributed by atoms with E-state index in [0.29, 0.717) is 24.5 Å². The van der Waals surface area contributed by atoms with Gasteiger partial charge < -0.3 is 14.2 Å². The number of likely N-dealkylation sites (tertiary alicyclic amines) is 1. The Kier molecular flexibility index (Phi) is 6.57. The predicted octanol–water partition coefficient (Wildman–Crippen LogP) is 5.15. The first kappa shape index (κ1) is 22.8. The van der Waals surface area contributed by atoms with Crippen LogP contribution in [0, 0.1) is 13.8 Å². The lowest BCUT2D eigenvalue weighted by molar-refractivity contribution is 0.0705. The van der Waals surface area contributed by atoms with Gasteiger partial charge in [-0.15, -0.1) is 0 Å². The maximum absolute atomic E-state index is 13.4. The zero-order chi connectivity index (χ0) is 24.2. The van der Waals surface area contributed by atoms with Crippen molar-refractivity contribution >= 4 is 5.91 Å². The first-order valence-electron chi connectivity index (χ1n) is 12.0. The maximum Gasteiger partial charge on any atom is 0.253 e. The molecule has 2 aromatic carbocycles. The number of nitrogens with zero attached hydrogens (tertiary/aromatic N) is 5. The van der Waals surface area contributed by atoms with Gasteiger partial charge in [0.2, 0.25) is 5.88 Å². The molecule has 1 amide bonds. The molecule has 4 aromatic rings. The summed E-state index contributed by atoms with van der Waals surface area (Å²) < 4.78 is 8.01. The first-order chi connectivity index (χ1) is 17.0. The van der Waals surface area contributed by atoms with Crippen LogP contribution in [0.3, 0.4) is 0 Å². The van der Waals surface area contributed by atoms with Gasteiger partial charge in [-0.1, -0.05) is 24.3 Å². The van der Waals surface area contributed by atoms with Crippen molar-refractivity contribution in [3.8, 4) is 11.6 Å². The summed E-state index contributed by atoms with van der Waals surface area (Å²) in [5, 5.41) is 0. The van der Waals surface area contributed by atoms with E-state index >= 15 is 0 Å². The predicted molar refractivity (Wildman–Crippen MR) is 134 cm³/mol. The van der Waals surface area contributed by atoms with E-state index in [-0.39, 0.29) is 11.8 Å². The fourth-order valence-corrected chi connectivity index (χ4v) is 4.56. The Morgan fingerprint density at radius 2 is 2.00 bits per heavy atom. The summed E-state index contributed by atoms with van der Waals surface area (Å²) in [4.78, 5) is 28.7. The minimum absolute atomic E-state index is 0.0547. The van der Waals surface area contributed by atoms with Gasteiger partial charge in [0.05, 0.1) is 11.9 Å². The fourth-order valence-electron chi connectivity index (χ4n) is 4.56. The van der Waals surface area contributed by atoms with E-state index in [1.165, 1.54) is 0 Å². The average Bonchev–Trinajstić information content (AvgIpc) is 3.28. The van der Waals surface area contributed by atoms with Gasteiger partial charge in [-0.25, -0.2) is 9.97 Å². The summed E-state index contributed by atoms with van der Waals surface area (Å²) in [6, 6.07) is 15.7. The second-order valence-electron chi connectivity index (χ2n) is 9.09. The molecule has 1 aliphatic heterocycles. The smallest absolute Gasteiger partial charge is 0.253 e. The van der Waals surface area contributed by atoms with Gasteiger partial charge in [0, 0.05) is 49.7 Å². The highest BCUT2D eigenvalue weighted by Crippen LogP contribution is 2.28. The summed E-state index contributed by atoms with van der Waals surface area (Å²) >= 11 is 0. The summed E-state index contributed by atoms with van der Waals surface area (Å²) in [6.07, 6.45) is 9.06. The number of hydrogen-bond donors (Lipinski definition) is 0. The Bertz CT molecular complexity index is 1330. The second-order valence-corrected chi connectivity index (χ2v) is 9.09. The molecule has 0 spiro atoms. The molecule has 1 unspecified atom stereocenters. The van der Waals surface area contributed by atoms with Gasteiger partial charge in [0.15, 0.2) is 0 Å². The van der Waals surface area contributed by atoms with Crippen LogP contribution in [0.5, 0.6) is 11.6 Å². The van der Waals surface area contributed by atoms with Crippen LogP contribution in [-0.2, 0) is 6.54 Å². The number of hydrogen-bond acceptors (Lipinski definition) is 5. The third-order valence-electron chi connectivity index (χ3n) is 6.42. The molecule has 1 fully saturated rings. The molecule has 3 heterocycles. The van der Waals surface area contributed by atoms with Gasteiger partial charge in [-0.3, -0.25) is 9.78 Å². The third kappa shape index (κ3) is 5.40. The number of aromatic nitrogens is 4. The Morgan fingerprint density at radius 3 is 2.83 bits per heavy atom. The number of piperidine rings is 1. The Labute approximate surface area is 205 Å². The number of aryl methyl sites for hydroxylation is 2. The molecule has 178 valence electrons. The van der Waals surface area contributed by atoms with Crippen LogP contribution in [0.25, 0.3) is 0 Å². The third-order valence-corrected chi connectivity index (χ3v) is 6.42. The largest absolute Gasteiger partial charge is 0.437 e. The summed E-state index contributed by atoms with van der Waals surface area (Å²) in [7, 11) is 0. The molecule has 5 rings (SSSR count). The molecule has 0 saturated carbocycles. The molecule has 35 heavy (non-hydrogen) atoms. The lowest BCUT2D eigenvalue weighted by Crippen LogP contribution is -2.39. The number of rotatable bonds is 6. The first-order valence-corrected chi connectivity index (χ1v) is 12.0. The highest BCUT2D eigenvalue weighted by Gasteiger charge is 2.27. The standard InChI is InChI=1S/C28H29N5O2/c1-20-6-3-10-25(14-20)35-27-17-29-16-26(31-27)24-9-5-12-33(19-24)28(34)23-8-4-7-22(15-23)18-32-13-11-30-21(32)2/h3-4,6-8,10-11,13-17,24H,5,9,12,18-19H2,1-2H3. The molecule has 0 radical (unpaired) electrons. The van der Waals surface area contributed by atoms with Crippen molar-refractivity contribution < 1.29 is 9.53 Å². The highest BCUT2D eigenvalue weighted by atomic mass is 16.5. The average molecular weight is 468 g/mol. The second kappa shape index (κ2) is 10.1.